The van der Waals surface area contributed by atoms with Gasteiger partial charge in [0.15, 0.2) is 0 Å². The molecule has 0 aliphatic heterocycles. The fourth-order valence-corrected chi connectivity index (χ4v) is 6.14. The summed E-state index contributed by atoms with van der Waals surface area (Å²) in [6.07, 6.45) is 37.0. The van der Waals surface area contributed by atoms with Crippen molar-refractivity contribution < 1.29 is 19.5 Å². The number of quaternary nitrogens is 1. The number of hydrogen-bond acceptors (Lipinski definition) is 3. The highest BCUT2D eigenvalue weighted by Gasteiger charge is 2.25. The summed E-state index contributed by atoms with van der Waals surface area (Å²) < 4.78 is 1.48. The van der Waals surface area contributed by atoms with E-state index in [9.17, 15) is 9.90 Å². The molecule has 4 heteroatoms. The number of nitrogens with zero attached hydrogens (tertiary/aromatic N) is 1. The van der Waals surface area contributed by atoms with Crippen molar-refractivity contribution in [2.45, 2.75) is 207 Å². The number of carbonyl (C=O) groups excluding carboxylic acids is 1. The Morgan fingerprint density at radius 1 is 0.429 bits per heavy atom. The van der Waals surface area contributed by atoms with Gasteiger partial charge in [-0.2, -0.15) is 0 Å². The maximum Gasteiger partial charge on any atom is 0.0786 e. The maximum absolute atomic E-state index is 9.79. The molecule has 254 valence electrons. The van der Waals surface area contributed by atoms with Gasteiger partial charge in [0.25, 0.3) is 0 Å². The Kier molecular flexibility index (Phi) is 37.9. The van der Waals surface area contributed by atoms with Crippen LogP contribution in [0, 0.1) is 0 Å². The average molecular weight is 598 g/mol. The second kappa shape index (κ2) is 36.6. The van der Waals surface area contributed by atoms with Crippen molar-refractivity contribution in [1.82, 2.24) is 0 Å². The van der Waals surface area contributed by atoms with Crippen LogP contribution >= 0.6 is 0 Å². The predicted molar refractivity (Wildman–Crippen MR) is 184 cm³/mol. The van der Waals surface area contributed by atoms with Crippen LogP contribution in [0.5, 0.6) is 0 Å². The number of unbranched alkanes of at least 4 members (excludes halogenated alkanes) is 22. The zero-order chi connectivity index (χ0) is 31.4. The molecule has 0 bridgehead atoms. The van der Waals surface area contributed by atoms with E-state index in [4.69, 9.17) is 5.11 Å². The summed E-state index contributed by atoms with van der Waals surface area (Å²) in [6.45, 7) is 15.4. The van der Waals surface area contributed by atoms with E-state index in [0.29, 0.717) is 12.8 Å². The fourth-order valence-electron chi connectivity index (χ4n) is 6.14. The van der Waals surface area contributed by atoms with E-state index < -0.39 is 5.97 Å². The quantitative estimate of drug-likeness (QED) is 0.0604. The average Bonchev–Trinajstić information content (AvgIpc) is 2.98. The Morgan fingerprint density at radius 2 is 0.690 bits per heavy atom. The van der Waals surface area contributed by atoms with E-state index in [0.717, 1.165) is 6.42 Å². The van der Waals surface area contributed by atoms with Crippen molar-refractivity contribution >= 4 is 5.97 Å². The van der Waals surface area contributed by atoms with Crippen LogP contribution in [0.15, 0.2) is 0 Å². The van der Waals surface area contributed by atoms with Crippen LogP contribution in [-0.2, 0) is 4.79 Å². The van der Waals surface area contributed by atoms with Crippen LogP contribution < -0.4 is 5.11 Å². The van der Waals surface area contributed by atoms with Crippen molar-refractivity contribution in [1.29, 1.82) is 0 Å². The number of carbonyl (C=O) groups is 1. The van der Waals surface area contributed by atoms with Crippen molar-refractivity contribution in [3.05, 3.63) is 0 Å². The Morgan fingerprint density at radius 3 is 0.952 bits per heavy atom. The second-order valence-electron chi connectivity index (χ2n) is 13.2. The molecule has 0 spiro atoms. The van der Waals surface area contributed by atoms with Crippen LogP contribution in [0.25, 0.3) is 0 Å². The third kappa shape index (κ3) is 33.9. The number of aliphatic hydroxyl groups excluding tert-OH is 1. The van der Waals surface area contributed by atoms with Crippen LogP contribution in [-0.4, -0.2) is 48.3 Å². The van der Waals surface area contributed by atoms with E-state index in [1.165, 1.54) is 185 Å². The van der Waals surface area contributed by atoms with Gasteiger partial charge in [0, 0.05) is 12.6 Å². The number of aliphatic carboxylic acids is 1. The number of carboxylic acid groups (broad SMARTS) is 1. The van der Waals surface area contributed by atoms with Gasteiger partial charge in [-0.3, -0.25) is 0 Å². The maximum atomic E-state index is 9.79. The second-order valence-corrected chi connectivity index (χ2v) is 13.2. The van der Waals surface area contributed by atoms with E-state index in [1.807, 2.05) is 0 Å². The van der Waals surface area contributed by atoms with Crippen LogP contribution in [0.2, 0.25) is 0 Å². The first-order valence-electron chi connectivity index (χ1n) is 19.2. The largest absolute Gasteiger partial charge is 0.550 e. The predicted octanol–water partition coefficient (Wildman–Crippen LogP) is 10.5. The van der Waals surface area contributed by atoms with E-state index in [-0.39, 0.29) is 13.0 Å². The molecule has 1 N–H and O–H groups in total. The molecular weight excluding hydrogens is 518 g/mol. The monoisotopic (exact) mass is 598 g/mol. The van der Waals surface area contributed by atoms with Gasteiger partial charge < -0.3 is 19.5 Å². The zero-order valence-corrected chi connectivity index (χ0v) is 29.5. The van der Waals surface area contributed by atoms with E-state index in [1.54, 1.807) is 0 Å². The summed E-state index contributed by atoms with van der Waals surface area (Å²) in [5.41, 5.74) is 0. The summed E-state index contributed by atoms with van der Waals surface area (Å²) in [5.74, 6) is -1.01. The molecule has 0 amide bonds. The molecule has 0 unspecified atom stereocenters. The fraction of sp³-hybridized carbons (Fsp3) is 0.974. The molecule has 0 saturated heterocycles. The summed E-state index contributed by atoms with van der Waals surface area (Å²) in [5, 5.41) is 18.1. The van der Waals surface area contributed by atoms with Crippen molar-refractivity contribution in [3.63, 3.8) is 0 Å². The molecule has 0 radical (unpaired) electrons. The first kappa shape index (κ1) is 43.5. The van der Waals surface area contributed by atoms with Gasteiger partial charge in [-0.25, -0.2) is 0 Å². The van der Waals surface area contributed by atoms with Gasteiger partial charge in [0.1, 0.15) is 0 Å². The Balaban J connectivity index is 0. The number of hydrogen-bond donors (Lipinski definition) is 1. The van der Waals surface area contributed by atoms with E-state index in [2.05, 4.69) is 27.7 Å². The number of carboxylic acids is 1. The lowest BCUT2D eigenvalue weighted by molar-refractivity contribution is -0.929. The number of aliphatic hydroxyl groups is 1. The minimum Gasteiger partial charge on any atom is -0.550 e. The highest BCUT2D eigenvalue weighted by Crippen LogP contribution is 2.20. The van der Waals surface area contributed by atoms with Gasteiger partial charge in [-0.05, 0) is 70.6 Å². The summed E-state index contributed by atoms with van der Waals surface area (Å²) in [7, 11) is 0. The molecule has 0 aliphatic carbocycles. The van der Waals surface area contributed by atoms with Gasteiger partial charge in [-0.1, -0.05) is 137 Å². The van der Waals surface area contributed by atoms with Crippen LogP contribution in [0.1, 0.15) is 207 Å². The zero-order valence-electron chi connectivity index (χ0n) is 29.5. The van der Waals surface area contributed by atoms with Crippen molar-refractivity contribution in [2.75, 3.05) is 32.8 Å². The first-order chi connectivity index (χ1) is 20.5. The molecule has 0 aliphatic rings. The molecule has 0 aromatic rings. The molecule has 0 aromatic carbocycles. The van der Waals surface area contributed by atoms with E-state index >= 15 is 0 Å². The highest BCUT2D eigenvalue weighted by atomic mass is 16.4. The highest BCUT2D eigenvalue weighted by molar-refractivity contribution is 5.64. The summed E-state index contributed by atoms with van der Waals surface area (Å²) in [4.78, 5) is 9.79. The van der Waals surface area contributed by atoms with Gasteiger partial charge in [-0.15, -0.1) is 0 Å². The molecule has 0 fully saturated rings. The lowest BCUT2D eigenvalue weighted by Gasteiger charge is -2.40. The lowest BCUT2D eigenvalue weighted by Crippen LogP contribution is -2.50. The van der Waals surface area contributed by atoms with Gasteiger partial charge >= 0.3 is 0 Å². The molecule has 0 atom stereocenters. The van der Waals surface area contributed by atoms with Crippen molar-refractivity contribution in [2.24, 2.45) is 0 Å². The summed E-state index contributed by atoms with van der Waals surface area (Å²) >= 11 is 0. The molecule has 0 aromatic heterocycles. The standard InChI is InChI=1S/C32H68N.C6H12O3/c1-5-9-13-17-21-25-29-33(30-26-22-18-14-10-6-2,31-27-23-19-15-11-7-3)32-28-24-20-16-12-8-4;7-5-3-1-2-4-6(8)9/h5-32H2,1-4H3;7H,1-5H2,(H,8,9)/q+1;/p-1. The summed E-state index contributed by atoms with van der Waals surface area (Å²) in [6, 6.07) is 0. The Hall–Kier alpha value is -0.610. The van der Waals surface area contributed by atoms with Crippen molar-refractivity contribution in [3.8, 4) is 0 Å². The van der Waals surface area contributed by atoms with Crippen LogP contribution in [0.3, 0.4) is 0 Å². The lowest BCUT2D eigenvalue weighted by atomic mass is 10.0. The molecule has 0 saturated carbocycles. The smallest absolute Gasteiger partial charge is 0.0786 e. The molecule has 42 heavy (non-hydrogen) atoms. The third-order valence-electron chi connectivity index (χ3n) is 8.98. The first-order valence-corrected chi connectivity index (χ1v) is 19.2. The molecule has 4 nitrogen and oxygen atoms in total. The Bertz CT molecular complexity index is 441. The molecular formula is C38H79NO3. The topological polar surface area (TPSA) is 60.4 Å². The Labute approximate surface area is 265 Å². The third-order valence-corrected chi connectivity index (χ3v) is 8.98. The SMILES string of the molecule is CCCCCCCC[N+](CCCCCCCC)(CCCCCCCC)CCCCCCCC.O=C([O-])CCCCCO. The molecule has 0 rings (SSSR count). The van der Waals surface area contributed by atoms with Crippen LogP contribution in [0.4, 0.5) is 0 Å². The molecule has 0 heterocycles. The normalized spacial score (nSPS) is 11.5. The van der Waals surface area contributed by atoms with Gasteiger partial charge in [0.05, 0.1) is 26.2 Å². The minimum absolute atomic E-state index is 0.111. The minimum atomic E-state index is -1.01. The number of rotatable bonds is 33. The van der Waals surface area contributed by atoms with Gasteiger partial charge in [0.2, 0.25) is 0 Å².